The molecule has 7 nitrogen and oxygen atoms in total. The van der Waals surface area contributed by atoms with Crippen LogP contribution < -0.4 is 9.47 Å². The van der Waals surface area contributed by atoms with E-state index in [1.54, 1.807) is 76.7 Å². The van der Waals surface area contributed by atoms with Crippen LogP contribution in [0.15, 0.2) is 52.4 Å². The molecular weight excluding hydrogens is 404 g/mol. The molecule has 30 heavy (non-hydrogen) atoms. The molecule has 3 rings (SSSR count). The van der Waals surface area contributed by atoms with Crippen molar-refractivity contribution in [2.45, 2.75) is 6.92 Å². The van der Waals surface area contributed by atoms with E-state index in [9.17, 15) is 9.59 Å². The van der Waals surface area contributed by atoms with Gasteiger partial charge in [-0.3, -0.25) is 9.69 Å². The minimum Gasteiger partial charge on any atom is -0.497 e. The molecule has 0 radical (unpaired) electrons. The number of methoxy groups -OCH3 is 2. The summed E-state index contributed by atoms with van der Waals surface area (Å²) >= 11 is 1.25. The highest BCUT2D eigenvalue weighted by molar-refractivity contribution is 8.18. The molecule has 0 N–H and O–H groups in total. The lowest BCUT2D eigenvalue weighted by molar-refractivity contribution is -0.121. The molecule has 0 spiro atoms. The summed E-state index contributed by atoms with van der Waals surface area (Å²) in [7, 11) is 4.81. The lowest BCUT2D eigenvalue weighted by Gasteiger charge is -2.08. The number of likely N-dealkylation sites (N-methyl/N-ethyl adjacent to an activating group) is 1. The van der Waals surface area contributed by atoms with E-state index in [4.69, 9.17) is 14.2 Å². The van der Waals surface area contributed by atoms with E-state index in [2.05, 4.69) is 4.99 Å². The number of carbonyl (C=O) groups excluding carboxylic acids is 2. The first kappa shape index (κ1) is 21.4. The maximum Gasteiger partial charge on any atom is 0.338 e. The standard InChI is InChI=1S/C22H22N2O5S/c1-5-29-21(26)14-7-6-8-16(11-14)23-22-24(2)20(25)19(30-22)13-15-12-17(27-3)9-10-18(15)28-4/h6-13H,5H2,1-4H3. The quantitative estimate of drug-likeness (QED) is 0.511. The molecule has 156 valence electrons. The van der Waals surface area contributed by atoms with E-state index in [0.717, 1.165) is 5.56 Å². The van der Waals surface area contributed by atoms with Crippen molar-refractivity contribution < 1.29 is 23.8 Å². The van der Waals surface area contributed by atoms with Gasteiger partial charge in [0.2, 0.25) is 0 Å². The normalized spacial score (nSPS) is 16.3. The Balaban J connectivity index is 1.91. The number of esters is 1. The summed E-state index contributed by atoms with van der Waals surface area (Å²) in [6, 6.07) is 12.2. The fourth-order valence-electron chi connectivity index (χ4n) is 2.77. The van der Waals surface area contributed by atoms with Gasteiger partial charge >= 0.3 is 5.97 Å². The molecule has 1 amide bonds. The van der Waals surface area contributed by atoms with Crippen LogP contribution in [0.25, 0.3) is 6.08 Å². The van der Waals surface area contributed by atoms with E-state index >= 15 is 0 Å². The van der Waals surface area contributed by atoms with Gasteiger partial charge in [-0.2, -0.15) is 0 Å². The minimum atomic E-state index is -0.409. The Labute approximate surface area is 179 Å². The summed E-state index contributed by atoms with van der Waals surface area (Å²) in [5.41, 5.74) is 1.70. The number of ether oxygens (including phenoxy) is 3. The number of hydrogen-bond donors (Lipinski definition) is 0. The molecule has 0 unspecified atom stereocenters. The topological polar surface area (TPSA) is 77.4 Å². The summed E-state index contributed by atoms with van der Waals surface area (Å²) in [4.78, 5) is 31.2. The number of amides is 1. The van der Waals surface area contributed by atoms with Crippen molar-refractivity contribution >= 4 is 40.6 Å². The Morgan fingerprint density at radius 2 is 1.97 bits per heavy atom. The van der Waals surface area contributed by atoms with Crippen LogP contribution in [-0.2, 0) is 9.53 Å². The zero-order valence-corrected chi connectivity index (χ0v) is 18.0. The van der Waals surface area contributed by atoms with Crippen LogP contribution in [0, 0.1) is 0 Å². The molecule has 0 bridgehead atoms. The number of carbonyl (C=O) groups is 2. The maximum atomic E-state index is 12.7. The zero-order valence-electron chi connectivity index (χ0n) is 17.2. The second kappa shape index (κ2) is 9.49. The lowest BCUT2D eigenvalue weighted by atomic mass is 10.1. The summed E-state index contributed by atoms with van der Waals surface area (Å²) < 4.78 is 15.7. The van der Waals surface area contributed by atoms with Crippen molar-refractivity contribution in [1.82, 2.24) is 4.90 Å². The number of aliphatic imine (C=N–C) groups is 1. The minimum absolute atomic E-state index is 0.176. The average Bonchev–Trinajstić information content (AvgIpc) is 3.01. The van der Waals surface area contributed by atoms with Crippen molar-refractivity contribution in [3.8, 4) is 11.5 Å². The van der Waals surface area contributed by atoms with Crippen molar-refractivity contribution in [3.63, 3.8) is 0 Å². The molecule has 0 aliphatic carbocycles. The van der Waals surface area contributed by atoms with E-state index < -0.39 is 5.97 Å². The van der Waals surface area contributed by atoms with E-state index in [0.29, 0.717) is 39.4 Å². The first-order valence-corrected chi connectivity index (χ1v) is 10.0. The van der Waals surface area contributed by atoms with Crippen LogP contribution in [0.1, 0.15) is 22.8 Å². The number of hydrogen-bond acceptors (Lipinski definition) is 7. The van der Waals surface area contributed by atoms with Crippen molar-refractivity contribution in [2.24, 2.45) is 4.99 Å². The molecule has 8 heteroatoms. The Hall–Kier alpha value is -3.26. The molecule has 2 aromatic rings. The zero-order chi connectivity index (χ0) is 21.7. The highest BCUT2D eigenvalue weighted by Crippen LogP contribution is 2.35. The van der Waals surface area contributed by atoms with Gasteiger partial charge in [-0.15, -0.1) is 0 Å². The first-order chi connectivity index (χ1) is 14.5. The predicted molar refractivity (Wildman–Crippen MR) is 117 cm³/mol. The number of rotatable bonds is 6. The third-order valence-corrected chi connectivity index (χ3v) is 5.37. The highest BCUT2D eigenvalue weighted by Gasteiger charge is 2.30. The number of thioether (sulfide) groups is 1. The lowest BCUT2D eigenvalue weighted by Crippen LogP contribution is -2.23. The van der Waals surface area contributed by atoms with Crippen LogP contribution in [0.3, 0.4) is 0 Å². The smallest absolute Gasteiger partial charge is 0.338 e. The number of amidine groups is 1. The fraction of sp³-hybridized carbons (Fsp3) is 0.227. The maximum absolute atomic E-state index is 12.7. The third-order valence-electron chi connectivity index (χ3n) is 4.31. The summed E-state index contributed by atoms with van der Waals surface area (Å²) in [6.07, 6.45) is 1.75. The van der Waals surface area contributed by atoms with Gasteiger partial charge < -0.3 is 14.2 Å². The summed E-state index contributed by atoms with van der Waals surface area (Å²) in [6.45, 7) is 2.05. The molecule has 1 aliphatic rings. The Morgan fingerprint density at radius 3 is 2.67 bits per heavy atom. The Kier molecular flexibility index (Phi) is 6.79. The van der Waals surface area contributed by atoms with Crippen LogP contribution in [0.2, 0.25) is 0 Å². The SMILES string of the molecule is CCOC(=O)c1cccc(N=C2SC(=Cc3cc(OC)ccc3OC)C(=O)N2C)c1. The van der Waals surface area contributed by atoms with Gasteiger partial charge in [-0.1, -0.05) is 6.07 Å². The van der Waals surface area contributed by atoms with Crippen LogP contribution in [0.4, 0.5) is 5.69 Å². The molecule has 1 aliphatic heterocycles. The molecule has 1 heterocycles. The van der Waals surface area contributed by atoms with Crippen molar-refractivity contribution in [3.05, 3.63) is 58.5 Å². The van der Waals surface area contributed by atoms with Crippen LogP contribution in [-0.4, -0.2) is 49.8 Å². The second-order valence-electron chi connectivity index (χ2n) is 6.25. The summed E-state index contributed by atoms with van der Waals surface area (Å²) in [5.74, 6) is 0.710. The predicted octanol–water partition coefficient (Wildman–Crippen LogP) is 4.11. The Bertz CT molecular complexity index is 1030. The van der Waals surface area contributed by atoms with Gasteiger partial charge in [0.05, 0.1) is 37.0 Å². The fourth-order valence-corrected chi connectivity index (χ4v) is 3.75. The molecule has 1 saturated heterocycles. The number of benzene rings is 2. The molecule has 0 aromatic heterocycles. The largest absolute Gasteiger partial charge is 0.497 e. The molecule has 1 fully saturated rings. The van der Waals surface area contributed by atoms with Crippen LogP contribution in [0.5, 0.6) is 11.5 Å². The van der Waals surface area contributed by atoms with Crippen LogP contribution >= 0.6 is 11.8 Å². The van der Waals surface area contributed by atoms with Gasteiger partial charge in [0.1, 0.15) is 11.5 Å². The van der Waals surface area contributed by atoms with Gasteiger partial charge in [-0.25, -0.2) is 9.79 Å². The number of nitrogens with zero attached hydrogens (tertiary/aromatic N) is 2. The Morgan fingerprint density at radius 1 is 1.17 bits per heavy atom. The van der Waals surface area contributed by atoms with E-state index in [1.165, 1.54) is 16.7 Å². The van der Waals surface area contributed by atoms with Gasteiger partial charge in [0, 0.05) is 12.6 Å². The highest BCUT2D eigenvalue weighted by atomic mass is 32.2. The van der Waals surface area contributed by atoms with E-state index in [1.807, 2.05) is 0 Å². The van der Waals surface area contributed by atoms with Gasteiger partial charge in [0.15, 0.2) is 5.17 Å². The molecule has 0 atom stereocenters. The molecule has 2 aromatic carbocycles. The van der Waals surface area contributed by atoms with Gasteiger partial charge in [0.25, 0.3) is 5.91 Å². The average molecular weight is 426 g/mol. The molecular formula is C22H22N2O5S. The monoisotopic (exact) mass is 426 g/mol. The van der Waals surface area contributed by atoms with E-state index in [-0.39, 0.29) is 5.91 Å². The van der Waals surface area contributed by atoms with Gasteiger partial charge in [-0.05, 0) is 61.2 Å². The second-order valence-corrected chi connectivity index (χ2v) is 7.26. The summed E-state index contributed by atoms with van der Waals surface area (Å²) in [5, 5.41) is 0.508. The first-order valence-electron chi connectivity index (χ1n) is 9.22. The van der Waals surface area contributed by atoms with Crippen molar-refractivity contribution in [2.75, 3.05) is 27.9 Å². The van der Waals surface area contributed by atoms with Crippen molar-refractivity contribution in [1.29, 1.82) is 0 Å². The third kappa shape index (κ3) is 4.65. The molecule has 0 saturated carbocycles.